The zero-order valence-corrected chi connectivity index (χ0v) is 11.7. The van der Waals surface area contributed by atoms with Gasteiger partial charge in [0.1, 0.15) is 0 Å². The summed E-state index contributed by atoms with van der Waals surface area (Å²) < 4.78 is 0. The molecule has 1 N–H and O–H groups in total. The summed E-state index contributed by atoms with van der Waals surface area (Å²) in [6, 6.07) is 4.57. The summed E-state index contributed by atoms with van der Waals surface area (Å²) in [7, 11) is 0. The van der Waals surface area contributed by atoms with Crippen molar-refractivity contribution in [1.29, 1.82) is 0 Å². The van der Waals surface area contributed by atoms with Crippen LogP contribution in [0.25, 0.3) is 0 Å². The molecule has 2 unspecified atom stereocenters. The lowest BCUT2D eigenvalue weighted by atomic mass is 9.94. The van der Waals surface area contributed by atoms with E-state index in [1.165, 1.54) is 30.5 Å². The molecule has 0 spiro atoms. The van der Waals surface area contributed by atoms with Crippen molar-refractivity contribution in [3.63, 3.8) is 0 Å². The molecule has 0 radical (unpaired) electrons. The van der Waals surface area contributed by atoms with Crippen molar-refractivity contribution in [2.75, 3.05) is 6.54 Å². The minimum atomic E-state index is 0.405. The summed E-state index contributed by atoms with van der Waals surface area (Å²) in [5, 5.41) is 3.57. The SMILES string of the molecule is CCCC(C)CC(NCC)c1ncccc1C. The maximum atomic E-state index is 4.55. The molecule has 0 saturated carbocycles. The van der Waals surface area contributed by atoms with Gasteiger partial charge in [-0.2, -0.15) is 0 Å². The van der Waals surface area contributed by atoms with Gasteiger partial charge in [0.15, 0.2) is 0 Å². The van der Waals surface area contributed by atoms with Crippen molar-refractivity contribution in [2.24, 2.45) is 5.92 Å². The maximum Gasteiger partial charge on any atom is 0.0602 e. The highest BCUT2D eigenvalue weighted by molar-refractivity contribution is 5.21. The van der Waals surface area contributed by atoms with Crippen molar-refractivity contribution < 1.29 is 0 Å². The second-order valence-electron chi connectivity index (χ2n) is 4.95. The Morgan fingerprint density at radius 1 is 1.35 bits per heavy atom. The van der Waals surface area contributed by atoms with E-state index >= 15 is 0 Å². The third kappa shape index (κ3) is 4.47. The normalized spacial score (nSPS) is 14.6. The molecule has 0 amide bonds. The Labute approximate surface area is 106 Å². The van der Waals surface area contributed by atoms with Gasteiger partial charge in [-0.05, 0) is 37.4 Å². The number of hydrogen-bond acceptors (Lipinski definition) is 2. The van der Waals surface area contributed by atoms with Crippen LogP contribution in [0.15, 0.2) is 18.3 Å². The van der Waals surface area contributed by atoms with E-state index in [-0.39, 0.29) is 0 Å². The van der Waals surface area contributed by atoms with Crippen LogP contribution >= 0.6 is 0 Å². The van der Waals surface area contributed by atoms with E-state index in [1.807, 2.05) is 12.3 Å². The standard InChI is InChI=1S/C15H26N2/c1-5-8-12(3)11-14(16-6-2)15-13(4)9-7-10-17-15/h7,9-10,12,14,16H,5-6,8,11H2,1-4H3. The van der Waals surface area contributed by atoms with Crippen molar-refractivity contribution in [3.05, 3.63) is 29.6 Å². The van der Waals surface area contributed by atoms with Gasteiger partial charge in [-0.25, -0.2) is 0 Å². The van der Waals surface area contributed by atoms with Gasteiger partial charge in [0.2, 0.25) is 0 Å². The van der Waals surface area contributed by atoms with Crippen molar-refractivity contribution in [3.8, 4) is 0 Å². The molecule has 0 saturated heterocycles. The highest BCUT2D eigenvalue weighted by Gasteiger charge is 2.16. The van der Waals surface area contributed by atoms with E-state index in [0.717, 1.165) is 12.5 Å². The van der Waals surface area contributed by atoms with Crippen molar-refractivity contribution in [1.82, 2.24) is 10.3 Å². The van der Waals surface area contributed by atoms with Gasteiger partial charge < -0.3 is 5.32 Å². The molecule has 0 bridgehead atoms. The minimum absolute atomic E-state index is 0.405. The van der Waals surface area contributed by atoms with Gasteiger partial charge in [-0.15, -0.1) is 0 Å². The molecule has 1 rings (SSSR count). The quantitative estimate of drug-likeness (QED) is 0.774. The molecule has 1 aromatic rings. The number of aromatic nitrogens is 1. The van der Waals surface area contributed by atoms with Crippen LogP contribution in [-0.2, 0) is 0 Å². The molecule has 17 heavy (non-hydrogen) atoms. The summed E-state index contributed by atoms with van der Waals surface area (Å²) in [6.07, 6.45) is 5.64. The van der Waals surface area contributed by atoms with Crippen LogP contribution in [0.3, 0.4) is 0 Å². The third-order valence-corrected chi connectivity index (χ3v) is 3.25. The smallest absolute Gasteiger partial charge is 0.0602 e. The fourth-order valence-electron chi connectivity index (χ4n) is 2.41. The largest absolute Gasteiger partial charge is 0.309 e. The fraction of sp³-hybridized carbons (Fsp3) is 0.667. The van der Waals surface area contributed by atoms with Crippen LogP contribution in [0.2, 0.25) is 0 Å². The molecule has 0 fully saturated rings. The summed E-state index contributed by atoms with van der Waals surface area (Å²) in [5.74, 6) is 0.755. The van der Waals surface area contributed by atoms with E-state index in [1.54, 1.807) is 0 Å². The van der Waals surface area contributed by atoms with Gasteiger partial charge in [-0.1, -0.05) is 39.7 Å². The number of nitrogens with zero attached hydrogens (tertiary/aromatic N) is 1. The van der Waals surface area contributed by atoms with E-state index in [9.17, 15) is 0 Å². The lowest BCUT2D eigenvalue weighted by Gasteiger charge is -2.22. The first-order chi connectivity index (χ1) is 8.19. The first-order valence-corrected chi connectivity index (χ1v) is 6.83. The molecule has 2 heteroatoms. The van der Waals surface area contributed by atoms with E-state index in [4.69, 9.17) is 0 Å². The zero-order valence-electron chi connectivity index (χ0n) is 11.7. The number of rotatable bonds is 7. The topological polar surface area (TPSA) is 24.9 Å². The van der Waals surface area contributed by atoms with E-state index < -0.39 is 0 Å². The average Bonchev–Trinajstić information content (AvgIpc) is 2.29. The van der Waals surface area contributed by atoms with Crippen LogP contribution in [0.4, 0.5) is 0 Å². The summed E-state index contributed by atoms with van der Waals surface area (Å²) in [4.78, 5) is 4.55. The predicted octanol–water partition coefficient (Wildman–Crippen LogP) is 3.87. The summed E-state index contributed by atoms with van der Waals surface area (Å²) in [5.41, 5.74) is 2.51. The molecule has 0 aliphatic rings. The van der Waals surface area contributed by atoms with Gasteiger partial charge >= 0.3 is 0 Å². The summed E-state index contributed by atoms with van der Waals surface area (Å²) >= 11 is 0. The van der Waals surface area contributed by atoms with Crippen LogP contribution in [0.5, 0.6) is 0 Å². The fourth-order valence-corrected chi connectivity index (χ4v) is 2.41. The number of nitrogens with one attached hydrogen (secondary N) is 1. The molecule has 2 nitrogen and oxygen atoms in total. The second kappa shape index (κ2) is 7.44. The second-order valence-corrected chi connectivity index (χ2v) is 4.95. The molecule has 0 aliphatic heterocycles. The van der Waals surface area contributed by atoms with Crippen LogP contribution < -0.4 is 5.32 Å². The molecule has 2 atom stereocenters. The van der Waals surface area contributed by atoms with Crippen LogP contribution in [0, 0.1) is 12.8 Å². The lowest BCUT2D eigenvalue weighted by Crippen LogP contribution is -2.24. The van der Waals surface area contributed by atoms with E-state index in [2.05, 4.69) is 44.1 Å². The molecular formula is C15H26N2. The van der Waals surface area contributed by atoms with Gasteiger partial charge in [-0.3, -0.25) is 4.98 Å². The van der Waals surface area contributed by atoms with Crippen molar-refractivity contribution in [2.45, 2.75) is 53.0 Å². The Bertz CT molecular complexity index is 322. The van der Waals surface area contributed by atoms with Crippen molar-refractivity contribution >= 4 is 0 Å². The Balaban J connectivity index is 2.75. The summed E-state index contributed by atoms with van der Waals surface area (Å²) in [6.45, 7) is 9.91. The average molecular weight is 234 g/mol. The molecular weight excluding hydrogens is 208 g/mol. The Morgan fingerprint density at radius 2 is 2.12 bits per heavy atom. The number of aryl methyl sites for hydroxylation is 1. The number of hydrogen-bond donors (Lipinski definition) is 1. The van der Waals surface area contributed by atoms with Crippen LogP contribution in [0.1, 0.15) is 57.3 Å². The van der Waals surface area contributed by atoms with Gasteiger partial charge in [0.25, 0.3) is 0 Å². The predicted molar refractivity (Wildman–Crippen MR) is 74.1 cm³/mol. The van der Waals surface area contributed by atoms with E-state index in [0.29, 0.717) is 6.04 Å². The highest BCUT2D eigenvalue weighted by Crippen LogP contribution is 2.24. The number of pyridine rings is 1. The highest BCUT2D eigenvalue weighted by atomic mass is 14.9. The Morgan fingerprint density at radius 3 is 2.71 bits per heavy atom. The lowest BCUT2D eigenvalue weighted by molar-refractivity contribution is 0.389. The molecule has 96 valence electrons. The first kappa shape index (κ1) is 14.2. The molecule has 0 aromatic carbocycles. The zero-order chi connectivity index (χ0) is 12.7. The third-order valence-electron chi connectivity index (χ3n) is 3.25. The first-order valence-electron chi connectivity index (χ1n) is 6.83. The minimum Gasteiger partial charge on any atom is -0.309 e. The monoisotopic (exact) mass is 234 g/mol. The molecule has 1 aromatic heterocycles. The van der Waals surface area contributed by atoms with Gasteiger partial charge in [0, 0.05) is 12.2 Å². The van der Waals surface area contributed by atoms with Gasteiger partial charge in [0.05, 0.1) is 5.69 Å². The molecule has 1 heterocycles. The maximum absolute atomic E-state index is 4.55. The Kier molecular flexibility index (Phi) is 6.20. The molecule has 0 aliphatic carbocycles. The Hall–Kier alpha value is -0.890. The van der Waals surface area contributed by atoms with Crippen LogP contribution in [-0.4, -0.2) is 11.5 Å².